The minimum Gasteiger partial charge on any atom is -0.478 e. The number of nitrogens with zero attached hydrogens (tertiary/aromatic N) is 2. The highest BCUT2D eigenvalue weighted by molar-refractivity contribution is 7.99. The molecule has 1 aromatic rings. The number of carboxylic acid groups (broad SMARTS) is 1. The standard InChI is InChI=1S/C11H11N3O3S/c15-10-8-5-18-2-1-14(8)9-7(13-10)3-6(4-12-9)11(16)17/h3-4,8H,1-2,5H2,(H,13,15)(H,16,17). The third-order valence-corrected chi connectivity index (χ3v) is 4.10. The van der Waals surface area contributed by atoms with Crippen molar-refractivity contribution in [3.8, 4) is 0 Å². The summed E-state index contributed by atoms with van der Waals surface area (Å²) in [6, 6.07) is 1.26. The Kier molecular flexibility index (Phi) is 2.62. The summed E-state index contributed by atoms with van der Waals surface area (Å²) >= 11 is 1.74. The number of anilines is 2. The number of amides is 1. The topological polar surface area (TPSA) is 82.5 Å². The molecule has 0 aromatic carbocycles. The first kappa shape index (κ1) is 11.3. The highest BCUT2D eigenvalue weighted by Gasteiger charge is 2.36. The van der Waals surface area contributed by atoms with Gasteiger partial charge in [0.15, 0.2) is 5.82 Å². The number of rotatable bonds is 1. The van der Waals surface area contributed by atoms with Gasteiger partial charge in [-0.3, -0.25) is 4.79 Å². The van der Waals surface area contributed by atoms with E-state index in [2.05, 4.69) is 10.3 Å². The molecule has 0 radical (unpaired) electrons. The van der Waals surface area contributed by atoms with Crippen LogP contribution in [0.25, 0.3) is 0 Å². The van der Waals surface area contributed by atoms with E-state index in [1.807, 2.05) is 4.90 Å². The maximum atomic E-state index is 11.9. The van der Waals surface area contributed by atoms with E-state index >= 15 is 0 Å². The monoisotopic (exact) mass is 265 g/mol. The first-order chi connectivity index (χ1) is 8.66. The second-order valence-corrected chi connectivity index (χ2v) is 5.32. The molecule has 0 aliphatic carbocycles. The van der Waals surface area contributed by atoms with Crippen LogP contribution in [0.1, 0.15) is 10.4 Å². The van der Waals surface area contributed by atoms with Gasteiger partial charge in [-0.25, -0.2) is 9.78 Å². The molecule has 1 unspecified atom stereocenters. The number of aromatic carboxylic acids is 1. The lowest BCUT2D eigenvalue weighted by Gasteiger charge is -2.39. The Labute approximate surface area is 107 Å². The molecule has 2 aliphatic heterocycles. The summed E-state index contributed by atoms with van der Waals surface area (Å²) in [5, 5.41) is 11.6. The van der Waals surface area contributed by atoms with Crippen molar-refractivity contribution >= 4 is 35.1 Å². The highest BCUT2D eigenvalue weighted by atomic mass is 32.2. The number of pyridine rings is 1. The lowest BCUT2D eigenvalue weighted by Crippen LogP contribution is -2.53. The van der Waals surface area contributed by atoms with Crippen LogP contribution in [-0.4, -0.2) is 46.1 Å². The lowest BCUT2D eigenvalue weighted by molar-refractivity contribution is -0.117. The molecule has 1 saturated heterocycles. The minimum atomic E-state index is -1.05. The van der Waals surface area contributed by atoms with Crippen LogP contribution < -0.4 is 10.2 Å². The van der Waals surface area contributed by atoms with Crippen molar-refractivity contribution in [2.75, 3.05) is 28.3 Å². The SMILES string of the molecule is O=C(O)c1cnc2c(c1)NC(=O)C1CSCCN21. The fourth-order valence-electron chi connectivity index (χ4n) is 2.19. The second-order valence-electron chi connectivity index (χ2n) is 4.17. The number of thioether (sulfide) groups is 1. The fourth-order valence-corrected chi connectivity index (χ4v) is 3.23. The number of carboxylic acids is 1. The lowest BCUT2D eigenvalue weighted by atomic mass is 10.1. The molecule has 6 nitrogen and oxygen atoms in total. The number of hydrogen-bond acceptors (Lipinski definition) is 5. The molecule has 0 spiro atoms. The van der Waals surface area contributed by atoms with Gasteiger partial charge >= 0.3 is 5.97 Å². The molecule has 2 aliphatic rings. The summed E-state index contributed by atoms with van der Waals surface area (Å²) in [5.74, 6) is 1.24. The molecule has 0 bridgehead atoms. The zero-order chi connectivity index (χ0) is 12.7. The summed E-state index contributed by atoms with van der Waals surface area (Å²) in [4.78, 5) is 28.9. The summed E-state index contributed by atoms with van der Waals surface area (Å²) in [7, 11) is 0. The number of aromatic nitrogens is 1. The van der Waals surface area contributed by atoms with Crippen LogP contribution >= 0.6 is 11.8 Å². The molecule has 3 rings (SSSR count). The molecule has 94 valence electrons. The summed E-state index contributed by atoms with van der Waals surface area (Å²) in [6.45, 7) is 0.759. The molecule has 7 heteroatoms. The Morgan fingerprint density at radius 3 is 3.22 bits per heavy atom. The van der Waals surface area contributed by atoms with Crippen LogP contribution in [0.2, 0.25) is 0 Å². The van der Waals surface area contributed by atoms with Crippen LogP contribution in [0.15, 0.2) is 12.3 Å². The predicted molar refractivity (Wildman–Crippen MR) is 68.3 cm³/mol. The molecule has 18 heavy (non-hydrogen) atoms. The van der Waals surface area contributed by atoms with Crippen LogP contribution in [0.3, 0.4) is 0 Å². The average molecular weight is 265 g/mol. The number of carbonyl (C=O) groups excluding carboxylic acids is 1. The zero-order valence-electron chi connectivity index (χ0n) is 9.42. The van der Waals surface area contributed by atoms with Crippen molar-refractivity contribution in [2.24, 2.45) is 0 Å². The molecule has 3 heterocycles. The van der Waals surface area contributed by atoms with E-state index < -0.39 is 5.97 Å². The normalized spacial score (nSPS) is 21.9. The number of nitrogens with one attached hydrogen (secondary N) is 1. The smallest absolute Gasteiger partial charge is 0.337 e. The van der Waals surface area contributed by atoms with Gasteiger partial charge in [-0.05, 0) is 6.07 Å². The number of fused-ring (bicyclic) bond motifs is 3. The molecule has 1 atom stereocenters. The van der Waals surface area contributed by atoms with Gasteiger partial charge in [0.25, 0.3) is 0 Å². The van der Waals surface area contributed by atoms with E-state index in [0.717, 1.165) is 18.1 Å². The Morgan fingerprint density at radius 1 is 1.61 bits per heavy atom. The van der Waals surface area contributed by atoms with E-state index in [9.17, 15) is 9.59 Å². The predicted octanol–water partition coefficient (Wildman–Crippen LogP) is 0.654. The summed E-state index contributed by atoms with van der Waals surface area (Å²) in [6.07, 6.45) is 1.33. The first-order valence-corrected chi connectivity index (χ1v) is 6.71. The van der Waals surface area contributed by atoms with E-state index in [4.69, 9.17) is 5.11 Å². The van der Waals surface area contributed by atoms with Gasteiger partial charge in [0.2, 0.25) is 5.91 Å². The largest absolute Gasteiger partial charge is 0.478 e. The maximum absolute atomic E-state index is 11.9. The minimum absolute atomic E-state index is 0.0823. The molecule has 1 amide bonds. The maximum Gasteiger partial charge on any atom is 0.337 e. The molecular weight excluding hydrogens is 254 g/mol. The van der Waals surface area contributed by atoms with Gasteiger partial charge in [0.1, 0.15) is 6.04 Å². The van der Waals surface area contributed by atoms with Gasteiger partial charge in [-0.2, -0.15) is 11.8 Å². The average Bonchev–Trinajstić information content (AvgIpc) is 2.38. The van der Waals surface area contributed by atoms with Crippen LogP contribution in [0.5, 0.6) is 0 Å². The molecule has 1 aromatic heterocycles. The van der Waals surface area contributed by atoms with Crippen LogP contribution in [0, 0.1) is 0 Å². The third-order valence-electron chi connectivity index (χ3n) is 3.07. The van der Waals surface area contributed by atoms with Crippen molar-refractivity contribution in [1.82, 2.24) is 4.98 Å². The van der Waals surface area contributed by atoms with E-state index in [-0.39, 0.29) is 17.5 Å². The third kappa shape index (κ3) is 1.71. The van der Waals surface area contributed by atoms with Crippen molar-refractivity contribution in [3.63, 3.8) is 0 Å². The summed E-state index contributed by atoms with van der Waals surface area (Å²) < 4.78 is 0. The number of hydrogen-bond donors (Lipinski definition) is 2. The van der Waals surface area contributed by atoms with Crippen LogP contribution in [-0.2, 0) is 4.79 Å². The Balaban J connectivity index is 2.04. The molecule has 0 saturated carbocycles. The van der Waals surface area contributed by atoms with Crippen molar-refractivity contribution in [3.05, 3.63) is 17.8 Å². The van der Waals surface area contributed by atoms with Crippen LogP contribution in [0.4, 0.5) is 11.5 Å². The Morgan fingerprint density at radius 2 is 2.44 bits per heavy atom. The Hall–Kier alpha value is -1.76. The molecule has 1 fully saturated rings. The van der Waals surface area contributed by atoms with E-state index in [0.29, 0.717) is 11.5 Å². The van der Waals surface area contributed by atoms with Crippen molar-refractivity contribution in [1.29, 1.82) is 0 Å². The van der Waals surface area contributed by atoms with Crippen molar-refractivity contribution in [2.45, 2.75) is 6.04 Å². The fraction of sp³-hybridized carbons (Fsp3) is 0.364. The quantitative estimate of drug-likeness (QED) is 0.776. The van der Waals surface area contributed by atoms with Gasteiger partial charge in [0, 0.05) is 24.2 Å². The van der Waals surface area contributed by atoms with Crippen molar-refractivity contribution < 1.29 is 14.7 Å². The first-order valence-electron chi connectivity index (χ1n) is 5.55. The van der Waals surface area contributed by atoms with Gasteiger partial charge in [0.05, 0.1) is 11.3 Å². The highest BCUT2D eigenvalue weighted by Crippen LogP contribution is 2.33. The second kappa shape index (κ2) is 4.16. The zero-order valence-corrected chi connectivity index (χ0v) is 10.2. The summed E-state index contributed by atoms with van der Waals surface area (Å²) in [5.41, 5.74) is 0.571. The molecular formula is C11H11N3O3S. The van der Waals surface area contributed by atoms with Gasteiger partial charge < -0.3 is 15.3 Å². The van der Waals surface area contributed by atoms with Gasteiger partial charge in [-0.1, -0.05) is 0 Å². The van der Waals surface area contributed by atoms with E-state index in [1.165, 1.54) is 12.3 Å². The van der Waals surface area contributed by atoms with Gasteiger partial charge in [-0.15, -0.1) is 0 Å². The Bertz CT molecular complexity index is 534. The molecule has 2 N–H and O–H groups in total. The van der Waals surface area contributed by atoms with E-state index in [1.54, 1.807) is 11.8 Å². The number of carbonyl (C=O) groups is 2.